The van der Waals surface area contributed by atoms with Crippen LogP contribution in [0.5, 0.6) is 0 Å². The summed E-state index contributed by atoms with van der Waals surface area (Å²) >= 11 is 0. The van der Waals surface area contributed by atoms with E-state index in [9.17, 15) is 14.5 Å². The van der Waals surface area contributed by atoms with Crippen LogP contribution >= 0.6 is 0 Å². The van der Waals surface area contributed by atoms with Crippen molar-refractivity contribution in [3.05, 3.63) is 39.7 Å². The van der Waals surface area contributed by atoms with Crippen LogP contribution in [-0.4, -0.2) is 29.5 Å². The molecule has 0 radical (unpaired) electrons. The second-order valence-electron chi connectivity index (χ2n) is 5.30. The van der Waals surface area contributed by atoms with Crippen molar-refractivity contribution in [2.75, 3.05) is 19.6 Å². The van der Waals surface area contributed by atoms with Gasteiger partial charge in [-0.05, 0) is 44.8 Å². The Morgan fingerprint density at radius 1 is 1.40 bits per heavy atom. The summed E-state index contributed by atoms with van der Waals surface area (Å²) in [4.78, 5) is 12.2. The summed E-state index contributed by atoms with van der Waals surface area (Å²) in [5, 5.41) is 10.7. The summed E-state index contributed by atoms with van der Waals surface area (Å²) in [5.74, 6) is -0.0483. The molecule has 1 aliphatic heterocycles. The highest BCUT2D eigenvalue weighted by molar-refractivity contribution is 5.36. The number of hydrogen-bond donors (Lipinski definition) is 1. The highest BCUT2D eigenvalue weighted by Crippen LogP contribution is 2.24. The molecule has 1 heterocycles. The lowest BCUT2D eigenvalue weighted by atomic mass is 9.93. The van der Waals surface area contributed by atoms with Gasteiger partial charge in [-0.15, -0.1) is 0 Å². The molecule has 1 aromatic carbocycles. The Morgan fingerprint density at radius 3 is 2.70 bits per heavy atom. The van der Waals surface area contributed by atoms with Gasteiger partial charge in [-0.1, -0.05) is 12.1 Å². The summed E-state index contributed by atoms with van der Waals surface area (Å²) in [6.07, 6.45) is 3.17. The third kappa shape index (κ3) is 3.52. The van der Waals surface area contributed by atoms with Crippen LogP contribution in [0.2, 0.25) is 0 Å². The van der Waals surface area contributed by atoms with Gasteiger partial charge >= 0.3 is 5.69 Å². The van der Waals surface area contributed by atoms with E-state index in [-0.39, 0.29) is 0 Å². The van der Waals surface area contributed by atoms with Gasteiger partial charge in [0.2, 0.25) is 5.82 Å². The van der Waals surface area contributed by atoms with Gasteiger partial charge in [-0.2, -0.15) is 4.39 Å². The zero-order valence-corrected chi connectivity index (χ0v) is 11.4. The summed E-state index contributed by atoms with van der Waals surface area (Å²) in [6, 6.07) is 4.36. The number of benzene rings is 1. The van der Waals surface area contributed by atoms with Gasteiger partial charge in [-0.25, -0.2) is 0 Å². The second kappa shape index (κ2) is 6.76. The van der Waals surface area contributed by atoms with Crippen LogP contribution in [0.15, 0.2) is 18.2 Å². The molecule has 0 saturated carbocycles. The highest BCUT2D eigenvalue weighted by atomic mass is 19.1. The zero-order chi connectivity index (χ0) is 14.5. The molecule has 5 nitrogen and oxygen atoms in total. The topological polar surface area (TPSA) is 72.4 Å². The molecule has 1 aromatic rings. The van der Waals surface area contributed by atoms with Gasteiger partial charge in [0.05, 0.1) is 4.92 Å². The average Bonchev–Trinajstić information content (AvgIpc) is 2.43. The van der Waals surface area contributed by atoms with Crippen LogP contribution < -0.4 is 5.73 Å². The minimum atomic E-state index is -0.707. The first-order valence-corrected chi connectivity index (χ1v) is 6.96. The third-order valence-electron chi connectivity index (χ3n) is 3.93. The van der Waals surface area contributed by atoms with E-state index in [0.717, 1.165) is 32.4 Å². The van der Waals surface area contributed by atoms with Crippen molar-refractivity contribution in [2.45, 2.75) is 25.8 Å². The molecular formula is C14H20FN3O2. The Balaban J connectivity index is 1.98. The lowest BCUT2D eigenvalue weighted by molar-refractivity contribution is -0.387. The number of nitrogens with two attached hydrogens (primary N) is 1. The number of hydrogen-bond acceptors (Lipinski definition) is 4. The predicted molar refractivity (Wildman–Crippen MR) is 74.7 cm³/mol. The monoisotopic (exact) mass is 281 g/mol. The van der Waals surface area contributed by atoms with Crippen molar-refractivity contribution in [1.29, 1.82) is 0 Å². The molecule has 0 spiro atoms. The molecule has 1 fully saturated rings. The van der Waals surface area contributed by atoms with Crippen LogP contribution in [-0.2, 0) is 6.54 Å². The van der Waals surface area contributed by atoms with Gasteiger partial charge in [0, 0.05) is 18.2 Å². The summed E-state index contributed by atoms with van der Waals surface area (Å²) in [6.45, 7) is 2.94. The predicted octanol–water partition coefficient (Wildman–Crippen LogP) is 2.29. The Labute approximate surface area is 117 Å². The number of rotatable bonds is 5. The molecule has 6 heteroatoms. The SMILES string of the molecule is NCCC1CCN(Cc2cccc([N+](=O)[O-])c2F)CC1. The molecule has 2 N–H and O–H groups in total. The first kappa shape index (κ1) is 14.9. The summed E-state index contributed by atoms with van der Waals surface area (Å²) in [5.41, 5.74) is 5.51. The summed E-state index contributed by atoms with van der Waals surface area (Å²) in [7, 11) is 0. The van der Waals surface area contributed by atoms with E-state index in [1.807, 2.05) is 0 Å². The van der Waals surface area contributed by atoms with Crippen molar-refractivity contribution >= 4 is 5.69 Å². The molecule has 0 atom stereocenters. The van der Waals surface area contributed by atoms with Crippen molar-refractivity contribution in [2.24, 2.45) is 11.7 Å². The smallest absolute Gasteiger partial charge is 0.305 e. The lowest BCUT2D eigenvalue weighted by Gasteiger charge is -2.31. The fraction of sp³-hybridized carbons (Fsp3) is 0.571. The largest absolute Gasteiger partial charge is 0.330 e. The Kier molecular flexibility index (Phi) is 5.03. The number of nitro groups is 1. The van der Waals surface area contributed by atoms with Gasteiger partial charge in [0.1, 0.15) is 0 Å². The Hall–Kier alpha value is -1.53. The molecular weight excluding hydrogens is 261 g/mol. The van der Waals surface area contributed by atoms with E-state index in [1.165, 1.54) is 12.1 Å². The van der Waals surface area contributed by atoms with Crippen molar-refractivity contribution < 1.29 is 9.31 Å². The molecule has 1 aliphatic rings. The van der Waals surface area contributed by atoms with Gasteiger partial charge in [-0.3, -0.25) is 15.0 Å². The lowest BCUT2D eigenvalue weighted by Crippen LogP contribution is -2.34. The standard InChI is InChI=1S/C14H20FN3O2/c15-14-12(2-1-3-13(14)18(19)20)10-17-8-5-11(4-7-16)6-9-17/h1-3,11H,4-10,16H2. The van der Waals surface area contributed by atoms with Gasteiger partial charge in [0.15, 0.2) is 0 Å². The highest BCUT2D eigenvalue weighted by Gasteiger charge is 2.22. The van der Waals surface area contributed by atoms with Crippen LogP contribution in [0.4, 0.5) is 10.1 Å². The maximum atomic E-state index is 14.0. The molecule has 0 unspecified atom stereocenters. The number of nitro benzene ring substituents is 1. The van der Waals surface area contributed by atoms with E-state index >= 15 is 0 Å². The van der Waals surface area contributed by atoms with E-state index in [4.69, 9.17) is 5.73 Å². The molecule has 0 amide bonds. The molecule has 1 saturated heterocycles. The van der Waals surface area contributed by atoms with Crippen LogP contribution in [0.25, 0.3) is 0 Å². The Morgan fingerprint density at radius 2 is 2.10 bits per heavy atom. The van der Waals surface area contributed by atoms with Crippen molar-refractivity contribution in [3.63, 3.8) is 0 Å². The van der Waals surface area contributed by atoms with E-state index < -0.39 is 16.4 Å². The Bertz CT molecular complexity index is 473. The van der Waals surface area contributed by atoms with Gasteiger partial charge in [0.25, 0.3) is 0 Å². The van der Waals surface area contributed by atoms with Crippen molar-refractivity contribution in [3.8, 4) is 0 Å². The third-order valence-corrected chi connectivity index (χ3v) is 3.93. The molecule has 0 aromatic heterocycles. The molecule has 0 aliphatic carbocycles. The van der Waals surface area contributed by atoms with Crippen LogP contribution in [0.1, 0.15) is 24.8 Å². The first-order chi connectivity index (χ1) is 9.61. The maximum Gasteiger partial charge on any atom is 0.305 e. The second-order valence-corrected chi connectivity index (χ2v) is 5.30. The molecule has 2 rings (SSSR count). The maximum absolute atomic E-state index is 14.0. The van der Waals surface area contributed by atoms with Crippen molar-refractivity contribution in [1.82, 2.24) is 4.90 Å². The fourth-order valence-corrected chi connectivity index (χ4v) is 2.74. The number of nitrogens with zero attached hydrogens (tertiary/aromatic N) is 2. The number of halogens is 1. The van der Waals surface area contributed by atoms with Gasteiger partial charge < -0.3 is 5.73 Å². The molecule has 0 bridgehead atoms. The van der Waals surface area contributed by atoms with E-state index in [1.54, 1.807) is 6.07 Å². The minimum absolute atomic E-state index is 0.400. The normalized spacial score (nSPS) is 17.3. The van der Waals surface area contributed by atoms with E-state index in [0.29, 0.717) is 24.6 Å². The van der Waals surface area contributed by atoms with E-state index in [2.05, 4.69) is 4.90 Å². The minimum Gasteiger partial charge on any atom is -0.330 e. The number of piperidine rings is 1. The quantitative estimate of drug-likeness (QED) is 0.664. The molecule has 20 heavy (non-hydrogen) atoms. The van der Waals surface area contributed by atoms with Crippen LogP contribution in [0.3, 0.4) is 0 Å². The molecule has 110 valence electrons. The summed E-state index contributed by atoms with van der Waals surface area (Å²) < 4.78 is 14.0. The average molecular weight is 281 g/mol. The fourth-order valence-electron chi connectivity index (χ4n) is 2.74. The number of likely N-dealkylation sites (tertiary alicyclic amines) is 1. The zero-order valence-electron chi connectivity index (χ0n) is 11.4. The van der Waals surface area contributed by atoms with Crippen LogP contribution in [0, 0.1) is 21.8 Å². The first-order valence-electron chi connectivity index (χ1n) is 6.96.